The Morgan fingerprint density at radius 1 is 0.724 bits per heavy atom. The van der Waals surface area contributed by atoms with Gasteiger partial charge in [0.25, 0.3) is 0 Å². The molecule has 0 aliphatic rings. The summed E-state index contributed by atoms with van der Waals surface area (Å²) in [7, 11) is 2.05. The zero-order valence-corrected chi connectivity index (χ0v) is 17.7. The van der Waals surface area contributed by atoms with E-state index in [4.69, 9.17) is 0 Å². The van der Waals surface area contributed by atoms with Crippen molar-refractivity contribution in [2.24, 2.45) is 7.05 Å². The number of hydrogen-bond acceptors (Lipinski definition) is 0. The minimum absolute atomic E-state index is 1.16. The minimum Gasteiger partial charge on any atom is -0.309 e. The SMILES string of the molecule is Cc1cc(C)c2c(c1)c1cc(C)cc(C)c1n2-c1cccc(-n2cc[n+](C)c2)c1. The lowest BCUT2D eigenvalue weighted by atomic mass is 10.0. The first kappa shape index (κ1) is 17.7. The highest BCUT2D eigenvalue weighted by atomic mass is 15.1. The van der Waals surface area contributed by atoms with Gasteiger partial charge in [-0.1, -0.05) is 29.3 Å². The van der Waals surface area contributed by atoms with Crippen molar-refractivity contribution in [2.45, 2.75) is 27.7 Å². The van der Waals surface area contributed by atoms with Crippen molar-refractivity contribution < 1.29 is 4.57 Å². The van der Waals surface area contributed by atoms with Crippen LogP contribution in [0.25, 0.3) is 33.2 Å². The molecule has 5 rings (SSSR count). The molecule has 144 valence electrons. The predicted molar refractivity (Wildman–Crippen MR) is 120 cm³/mol. The zero-order valence-electron chi connectivity index (χ0n) is 17.7. The first-order valence-corrected chi connectivity index (χ1v) is 10.1. The Morgan fingerprint density at radius 3 is 1.86 bits per heavy atom. The van der Waals surface area contributed by atoms with E-state index < -0.39 is 0 Å². The first-order valence-electron chi connectivity index (χ1n) is 10.1. The lowest BCUT2D eigenvalue weighted by Crippen LogP contribution is -2.23. The Kier molecular flexibility index (Phi) is 3.88. The maximum atomic E-state index is 2.45. The van der Waals surface area contributed by atoms with Crippen molar-refractivity contribution in [1.29, 1.82) is 0 Å². The molecule has 0 bridgehead atoms. The number of imidazole rings is 1. The van der Waals surface area contributed by atoms with Crippen LogP contribution in [0.4, 0.5) is 0 Å². The fraction of sp³-hybridized carbons (Fsp3) is 0.192. The summed E-state index contributed by atoms with van der Waals surface area (Å²) in [4.78, 5) is 0. The second-order valence-electron chi connectivity index (χ2n) is 8.30. The van der Waals surface area contributed by atoms with E-state index in [1.54, 1.807) is 0 Å². The maximum Gasteiger partial charge on any atom is 0.248 e. The number of benzene rings is 3. The Labute approximate surface area is 171 Å². The topological polar surface area (TPSA) is 13.7 Å². The molecule has 0 N–H and O–H groups in total. The van der Waals surface area contributed by atoms with Crippen LogP contribution in [0.3, 0.4) is 0 Å². The Hall–Kier alpha value is -3.33. The summed E-state index contributed by atoms with van der Waals surface area (Å²) in [6.07, 6.45) is 6.25. The highest BCUT2D eigenvalue weighted by Crippen LogP contribution is 2.37. The van der Waals surface area contributed by atoms with Crippen molar-refractivity contribution in [3.63, 3.8) is 0 Å². The van der Waals surface area contributed by atoms with Gasteiger partial charge in [-0.05, 0) is 63.1 Å². The molecule has 0 atom stereocenters. The molecule has 0 spiro atoms. The molecule has 3 nitrogen and oxygen atoms in total. The van der Waals surface area contributed by atoms with Crippen LogP contribution in [0.5, 0.6) is 0 Å². The zero-order chi connectivity index (χ0) is 20.3. The van der Waals surface area contributed by atoms with Gasteiger partial charge in [-0.25, -0.2) is 9.13 Å². The van der Waals surface area contributed by atoms with Gasteiger partial charge in [0.15, 0.2) is 0 Å². The third-order valence-corrected chi connectivity index (χ3v) is 5.78. The maximum absolute atomic E-state index is 2.45. The lowest BCUT2D eigenvalue weighted by molar-refractivity contribution is -0.670. The van der Waals surface area contributed by atoms with Gasteiger partial charge >= 0.3 is 0 Å². The van der Waals surface area contributed by atoms with Crippen molar-refractivity contribution >= 4 is 21.8 Å². The summed E-state index contributed by atoms with van der Waals surface area (Å²) < 4.78 is 6.67. The molecule has 3 aromatic carbocycles. The molecule has 0 aliphatic heterocycles. The molecule has 0 aliphatic carbocycles. The van der Waals surface area contributed by atoms with E-state index in [-0.39, 0.29) is 0 Å². The summed E-state index contributed by atoms with van der Waals surface area (Å²) in [5.41, 5.74) is 10.2. The molecule has 0 unspecified atom stereocenters. The summed E-state index contributed by atoms with van der Waals surface area (Å²) in [6, 6.07) is 18.0. The number of rotatable bonds is 2. The molecule has 0 amide bonds. The van der Waals surface area contributed by atoms with Crippen LogP contribution in [0.15, 0.2) is 67.3 Å². The van der Waals surface area contributed by atoms with E-state index >= 15 is 0 Å². The number of hydrogen-bond donors (Lipinski definition) is 0. The van der Waals surface area contributed by atoms with E-state index in [9.17, 15) is 0 Å². The quantitative estimate of drug-likeness (QED) is 0.352. The van der Waals surface area contributed by atoms with Crippen LogP contribution in [0.1, 0.15) is 22.3 Å². The molecule has 2 heterocycles. The molecule has 29 heavy (non-hydrogen) atoms. The van der Waals surface area contributed by atoms with Crippen LogP contribution in [-0.4, -0.2) is 9.13 Å². The number of aryl methyl sites for hydroxylation is 5. The first-order chi connectivity index (χ1) is 13.9. The van der Waals surface area contributed by atoms with Crippen molar-refractivity contribution in [1.82, 2.24) is 9.13 Å². The van der Waals surface area contributed by atoms with Crippen LogP contribution in [-0.2, 0) is 7.05 Å². The van der Waals surface area contributed by atoms with Gasteiger partial charge in [-0.15, -0.1) is 0 Å². The molecular formula is C26H26N3+. The third-order valence-electron chi connectivity index (χ3n) is 5.78. The van der Waals surface area contributed by atoms with Gasteiger partial charge in [0, 0.05) is 16.8 Å². The van der Waals surface area contributed by atoms with E-state index in [0.29, 0.717) is 0 Å². The summed E-state index contributed by atoms with van der Waals surface area (Å²) >= 11 is 0. The average molecular weight is 381 g/mol. The second kappa shape index (κ2) is 6.35. The number of aromatic nitrogens is 3. The molecule has 0 fully saturated rings. The molecule has 5 aromatic rings. The monoisotopic (exact) mass is 380 g/mol. The molecule has 0 saturated carbocycles. The van der Waals surface area contributed by atoms with Gasteiger partial charge in [-0.3, -0.25) is 0 Å². The Morgan fingerprint density at radius 2 is 1.31 bits per heavy atom. The largest absolute Gasteiger partial charge is 0.309 e. The molecule has 0 saturated heterocycles. The van der Waals surface area contributed by atoms with Crippen molar-refractivity contribution in [3.8, 4) is 11.4 Å². The highest BCUT2D eigenvalue weighted by molar-refractivity contribution is 6.11. The molecule has 0 radical (unpaired) electrons. The molecule has 2 aromatic heterocycles. The van der Waals surface area contributed by atoms with Gasteiger partial charge < -0.3 is 4.57 Å². The van der Waals surface area contributed by atoms with Crippen LogP contribution in [0.2, 0.25) is 0 Å². The lowest BCUT2D eigenvalue weighted by Gasteiger charge is -2.12. The molecule has 3 heteroatoms. The molecular weight excluding hydrogens is 354 g/mol. The van der Waals surface area contributed by atoms with E-state index in [2.05, 4.69) is 109 Å². The van der Waals surface area contributed by atoms with E-state index in [1.165, 1.54) is 49.7 Å². The van der Waals surface area contributed by atoms with E-state index in [0.717, 1.165) is 5.69 Å². The van der Waals surface area contributed by atoms with Crippen LogP contribution < -0.4 is 4.57 Å². The Balaban J connectivity index is 1.90. The third kappa shape index (κ3) is 2.77. The van der Waals surface area contributed by atoms with Gasteiger partial charge in [0.05, 0.1) is 23.8 Å². The fourth-order valence-electron chi connectivity index (χ4n) is 4.69. The Bertz CT molecular complexity index is 1330. The summed E-state index contributed by atoms with van der Waals surface area (Å²) in [5.74, 6) is 0. The number of fused-ring (bicyclic) bond motifs is 3. The van der Waals surface area contributed by atoms with Gasteiger partial charge in [0.2, 0.25) is 6.33 Å². The second-order valence-corrected chi connectivity index (χ2v) is 8.30. The fourth-order valence-corrected chi connectivity index (χ4v) is 4.69. The van der Waals surface area contributed by atoms with Crippen LogP contribution >= 0.6 is 0 Å². The van der Waals surface area contributed by atoms with E-state index in [1.807, 2.05) is 7.05 Å². The van der Waals surface area contributed by atoms with Crippen molar-refractivity contribution in [2.75, 3.05) is 0 Å². The average Bonchev–Trinajstić information content (AvgIpc) is 3.24. The van der Waals surface area contributed by atoms with Crippen LogP contribution in [0, 0.1) is 27.7 Å². The smallest absolute Gasteiger partial charge is 0.248 e. The van der Waals surface area contributed by atoms with Gasteiger partial charge in [0.1, 0.15) is 18.1 Å². The highest BCUT2D eigenvalue weighted by Gasteiger charge is 2.17. The minimum atomic E-state index is 1.16. The van der Waals surface area contributed by atoms with Crippen molar-refractivity contribution in [3.05, 3.63) is 89.5 Å². The summed E-state index contributed by atoms with van der Waals surface area (Å²) in [5, 5.41) is 2.67. The standard InChI is InChI=1S/C26H26N3/c1-17-11-19(3)25-23(13-17)24-14-18(2)12-20(4)26(24)29(25)22-8-6-7-21(15-22)28-10-9-27(5)16-28/h6-16H,1-5H3/q+1. The number of nitrogens with zero attached hydrogens (tertiary/aromatic N) is 3. The normalized spacial score (nSPS) is 11.6. The predicted octanol–water partition coefficient (Wildman–Crippen LogP) is 5.63. The van der Waals surface area contributed by atoms with Gasteiger partial charge in [-0.2, -0.15) is 0 Å². The summed E-state index contributed by atoms with van der Waals surface area (Å²) in [6.45, 7) is 8.82.